The Balaban J connectivity index is 1.07. The van der Waals surface area contributed by atoms with E-state index < -0.39 is 0 Å². The molecule has 0 unspecified atom stereocenters. The molecular weight excluding hydrogens is 581 g/mol. The molecule has 226 valence electrons. The van der Waals surface area contributed by atoms with Gasteiger partial charge in [0, 0.05) is 33.4 Å². The molecule has 9 aromatic rings. The summed E-state index contributed by atoms with van der Waals surface area (Å²) in [4.78, 5) is 0. The lowest BCUT2D eigenvalue weighted by Gasteiger charge is -2.15. The molecule has 1 heterocycles. The number of hydrogen-bond acceptors (Lipinski definition) is 1. The molecule has 1 N–H and O–H groups in total. The molecule has 0 aliphatic rings. The third kappa shape index (κ3) is 5.01. The van der Waals surface area contributed by atoms with Crippen molar-refractivity contribution in [3.63, 3.8) is 0 Å². The van der Waals surface area contributed by atoms with Gasteiger partial charge in [0.2, 0.25) is 0 Å². The molecule has 0 aliphatic carbocycles. The van der Waals surface area contributed by atoms with E-state index in [1.54, 1.807) is 0 Å². The van der Waals surface area contributed by atoms with Gasteiger partial charge in [-0.1, -0.05) is 133 Å². The maximum atomic E-state index is 3.71. The molecule has 0 aliphatic heterocycles. The van der Waals surface area contributed by atoms with E-state index in [4.69, 9.17) is 0 Å². The Morgan fingerprint density at radius 3 is 1.75 bits per heavy atom. The number of para-hydroxylation sites is 2. The maximum Gasteiger partial charge on any atom is 0.0541 e. The van der Waals surface area contributed by atoms with Crippen molar-refractivity contribution < 1.29 is 0 Å². The molecule has 2 heteroatoms. The van der Waals surface area contributed by atoms with E-state index >= 15 is 0 Å². The van der Waals surface area contributed by atoms with Crippen molar-refractivity contribution in [3.05, 3.63) is 188 Å². The van der Waals surface area contributed by atoms with Gasteiger partial charge in [0.25, 0.3) is 0 Å². The molecule has 0 saturated heterocycles. The molecule has 0 saturated carbocycles. The van der Waals surface area contributed by atoms with Gasteiger partial charge in [-0.15, -0.1) is 0 Å². The summed E-state index contributed by atoms with van der Waals surface area (Å²) in [6, 6.07) is 67.5. The van der Waals surface area contributed by atoms with Gasteiger partial charge in [-0.25, -0.2) is 0 Å². The molecule has 2 nitrogen and oxygen atoms in total. The van der Waals surface area contributed by atoms with Crippen LogP contribution < -0.4 is 5.32 Å². The fraction of sp³-hybridized carbons (Fsp3) is 0. The number of anilines is 2. The number of aromatic nitrogens is 1. The van der Waals surface area contributed by atoms with Crippen LogP contribution in [0, 0.1) is 0 Å². The summed E-state index contributed by atoms with van der Waals surface area (Å²) in [6.07, 6.45) is 0. The van der Waals surface area contributed by atoms with Crippen LogP contribution in [0.3, 0.4) is 0 Å². The second kappa shape index (κ2) is 11.8. The van der Waals surface area contributed by atoms with Gasteiger partial charge in [0.1, 0.15) is 0 Å². The number of rotatable bonds is 6. The molecule has 48 heavy (non-hydrogen) atoms. The Morgan fingerprint density at radius 2 is 0.958 bits per heavy atom. The van der Waals surface area contributed by atoms with Crippen LogP contribution in [0.25, 0.3) is 71.6 Å². The van der Waals surface area contributed by atoms with Crippen LogP contribution in [0.15, 0.2) is 188 Å². The van der Waals surface area contributed by atoms with Crippen LogP contribution in [0.5, 0.6) is 0 Å². The predicted molar refractivity (Wildman–Crippen MR) is 204 cm³/mol. The molecule has 0 bridgehead atoms. The first kappa shape index (κ1) is 27.9. The fourth-order valence-electron chi connectivity index (χ4n) is 6.97. The minimum Gasteiger partial charge on any atom is -0.355 e. The molecular formula is C46H32N2. The average Bonchev–Trinajstić information content (AvgIpc) is 3.49. The monoisotopic (exact) mass is 612 g/mol. The lowest BCUT2D eigenvalue weighted by molar-refractivity contribution is 1.18. The summed E-state index contributed by atoms with van der Waals surface area (Å²) in [6.45, 7) is 0. The zero-order valence-electron chi connectivity index (χ0n) is 26.3. The van der Waals surface area contributed by atoms with Crippen molar-refractivity contribution in [1.29, 1.82) is 0 Å². The van der Waals surface area contributed by atoms with Gasteiger partial charge < -0.3 is 9.88 Å². The Morgan fingerprint density at radius 1 is 0.354 bits per heavy atom. The molecule has 0 spiro atoms. The van der Waals surface area contributed by atoms with Gasteiger partial charge in [-0.2, -0.15) is 0 Å². The SMILES string of the molecule is c1ccc(-c2cc(-c3ccc(-c4ccc5c(c4)c4ccccc4n5-c4ccccc4)cc3)ccc2Nc2ccc3ccccc3c2)cc1. The van der Waals surface area contributed by atoms with E-state index in [1.165, 1.54) is 71.6 Å². The highest BCUT2D eigenvalue weighted by molar-refractivity contribution is 6.10. The van der Waals surface area contributed by atoms with Gasteiger partial charge in [-0.05, 0) is 93.2 Å². The third-order valence-corrected chi connectivity index (χ3v) is 9.37. The Kier molecular flexibility index (Phi) is 6.84. The third-order valence-electron chi connectivity index (χ3n) is 9.37. The highest BCUT2D eigenvalue weighted by atomic mass is 15.0. The zero-order chi connectivity index (χ0) is 31.9. The first-order valence-corrected chi connectivity index (χ1v) is 16.4. The van der Waals surface area contributed by atoms with Crippen LogP contribution in [0.1, 0.15) is 0 Å². The van der Waals surface area contributed by atoms with Crippen molar-refractivity contribution in [2.75, 3.05) is 5.32 Å². The number of fused-ring (bicyclic) bond motifs is 4. The lowest BCUT2D eigenvalue weighted by atomic mass is 9.95. The van der Waals surface area contributed by atoms with Gasteiger partial charge in [0.15, 0.2) is 0 Å². The Labute approximate surface area is 280 Å². The van der Waals surface area contributed by atoms with E-state index in [9.17, 15) is 0 Å². The van der Waals surface area contributed by atoms with Gasteiger partial charge >= 0.3 is 0 Å². The molecule has 0 amide bonds. The first-order valence-electron chi connectivity index (χ1n) is 16.4. The van der Waals surface area contributed by atoms with Crippen LogP contribution >= 0.6 is 0 Å². The molecule has 1 aromatic heterocycles. The van der Waals surface area contributed by atoms with Gasteiger partial charge in [-0.3, -0.25) is 0 Å². The molecule has 9 rings (SSSR count). The quantitative estimate of drug-likeness (QED) is 0.198. The van der Waals surface area contributed by atoms with E-state index in [2.05, 4.69) is 198 Å². The molecule has 8 aromatic carbocycles. The number of nitrogens with one attached hydrogen (secondary N) is 1. The first-order chi connectivity index (χ1) is 23.8. The van der Waals surface area contributed by atoms with Crippen LogP contribution in [-0.2, 0) is 0 Å². The predicted octanol–water partition coefficient (Wildman–Crippen LogP) is 12.7. The van der Waals surface area contributed by atoms with Crippen molar-refractivity contribution in [3.8, 4) is 39.1 Å². The van der Waals surface area contributed by atoms with Crippen LogP contribution in [-0.4, -0.2) is 4.57 Å². The summed E-state index contributed by atoms with van der Waals surface area (Å²) in [7, 11) is 0. The largest absolute Gasteiger partial charge is 0.355 e. The van der Waals surface area contributed by atoms with Crippen molar-refractivity contribution in [2.24, 2.45) is 0 Å². The minimum absolute atomic E-state index is 1.08. The number of hydrogen-bond donors (Lipinski definition) is 1. The highest BCUT2D eigenvalue weighted by Crippen LogP contribution is 2.38. The molecule has 0 radical (unpaired) electrons. The molecule has 0 fully saturated rings. The van der Waals surface area contributed by atoms with E-state index in [0.29, 0.717) is 0 Å². The van der Waals surface area contributed by atoms with E-state index in [0.717, 1.165) is 11.4 Å². The second-order valence-electron chi connectivity index (χ2n) is 12.3. The normalized spacial score (nSPS) is 11.3. The summed E-state index contributed by atoms with van der Waals surface area (Å²) in [5.74, 6) is 0. The van der Waals surface area contributed by atoms with E-state index in [-0.39, 0.29) is 0 Å². The minimum atomic E-state index is 1.08. The van der Waals surface area contributed by atoms with Crippen LogP contribution in [0.4, 0.5) is 11.4 Å². The van der Waals surface area contributed by atoms with Crippen LogP contribution in [0.2, 0.25) is 0 Å². The van der Waals surface area contributed by atoms with Crippen molar-refractivity contribution >= 4 is 44.0 Å². The Hall–Kier alpha value is -6.38. The molecule has 0 atom stereocenters. The summed E-state index contributed by atoms with van der Waals surface area (Å²) >= 11 is 0. The fourth-order valence-corrected chi connectivity index (χ4v) is 6.97. The Bertz CT molecular complexity index is 2560. The maximum absolute atomic E-state index is 3.71. The smallest absolute Gasteiger partial charge is 0.0541 e. The summed E-state index contributed by atoms with van der Waals surface area (Å²) in [5, 5.41) is 8.70. The number of benzene rings is 8. The summed E-state index contributed by atoms with van der Waals surface area (Å²) < 4.78 is 2.36. The second-order valence-corrected chi connectivity index (χ2v) is 12.3. The van der Waals surface area contributed by atoms with Crippen molar-refractivity contribution in [1.82, 2.24) is 4.57 Å². The zero-order valence-corrected chi connectivity index (χ0v) is 26.3. The van der Waals surface area contributed by atoms with Crippen molar-refractivity contribution in [2.45, 2.75) is 0 Å². The lowest BCUT2D eigenvalue weighted by Crippen LogP contribution is -1.94. The average molecular weight is 613 g/mol. The topological polar surface area (TPSA) is 17.0 Å². The summed E-state index contributed by atoms with van der Waals surface area (Å²) in [5.41, 5.74) is 12.9. The number of nitrogens with zero attached hydrogens (tertiary/aromatic N) is 1. The van der Waals surface area contributed by atoms with Gasteiger partial charge in [0.05, 0.1) is 11.0 Å². The highest BCUT2D eigenvalue weighted by Gasteiger charge is 2.14. The van der Waals surface area contributed by atoms with E-state index in [1.807, 2.05) is 0 Å². The standard InChI is InChI=1S/C46H32N2/c1-3-12-35(13-4-1)42-30-37(24-27-44(42)47-39-26-23-32-11-7-8-14-36(32)29-39)33-19-21-34(22-20-33)38-25-28-46-43(31-38)41-17-9-10-18-45(41)48(46)40-15-5-2-6-16-40/h1-31,47H.